The molecule has 0 saturated heterocycles. The number of carbonyl (C=O) groups is 3. The molecule has 0 aliphatic rings. The van der Waals surface area contributed by atoms with Crippen molar-refractivity contribution >= 4 is 17.9 Å². The molecule has 0 aliphatic heterocycles. The molecular formula is C10H16O6. The zero-order chi connectivity index (χ0) is 12.6. The van der Waals surface area contributed by atoms with E-state index < -0.39 is 24.0 Å². The number of rotatable bonds is 6. The fourth-order valence-electron chi connectivity index (χ4n) is 0.980. The van der Waals surface area contributed by atoms with Gasteiger partial charge in [-0.25, -0.2) is 4.79 Å². The highest BCUT2D eigenvalue weighted by atomic mass is 16.6. The summed E-state index contributed by atoms with van der Waals surface area (Å²) in [5.74, 6) is -2.00. The lowest BCUT2D eigenvalue weighted by Crippen LogP contribution is -2.31. The summed E-state index contributed by atoms with van der Waals surface area (Å²) < 4.78 is 14.0. The second kappa shape index (κ2) is 7.67. The van der Waals surface area contributed by atoms with Crippen molar-refractivity contribution in [3.63, 3.8) is 0 Å². The smallest absolute Gasteiger partial charge is 0.348 e. The minimum atomic E-state index is -1.23. The van der Waals surface area contributed by atoms with Gasteiger partial charge in [0.05, 0.1) is 19.6 Å². The van der Waals surface area contributed by atoms with Crippen molar-refractivity contribution in [3.05, 3.63) is 0 Å². The molecule has 0 aliphatic carbocycles. The predicted octanol–water partition coefficient (Wildman–Crippen LogP) is 0.434. The van der Waals surface area contributed by atoms with E-state index in [1.54, 1.807) is 13.8 Å². The van der Waals surface area contributed by atoms with Crippen LogP contribution in [-0.4, -0.2) is 37.2 Å². The Morgan fingerprint density at radius 1 is 1.06 bits per heavy atom. The quantitative estimate of drug-likeness (QED) is 0.488. The zero-order valence-electron chi connectivity index (χ0n) is 9.65. The third-order valence-electron chi connectivity index (χ3n) is 1.52. The van der Waals surface area contributed by atoms with Crippen LogP contribution in [0.25, 0.3) is 0 Å². The molecule has 0 bridgehead atoms. The summed E-state index contributed by atoms with van der Waals surface area (Å²) in [6, 6.07) is 0. The Kier molecular flexibility index (Phi) is 6.91. The molecule has 0 fully saturated rings. The number of carbonyl (C=O) groups excluding carboxylic acids is 3. The van der Waals surface area contributed by atoms with Gasteiger partial charge in [-0.1, -0.05) is 0 Å². The molecule has 6 nitrogen and oxygen atoms in total. The van der Waals surface area contributed by atoms with Gasteiger partial charge in [-0.05, 0) is 13.8 Å². The van der Waals surface area contributed by atoms with Crippen molar-refractivity contribution in [1.82, 2.24) is 0 Å². The molecule has 1 atom stereocenters. The van der Waals surface area contributed by atoms with E-state index in [0.717, 1.165) is 6.92 Å². The first-order valence-corrected chi connectivity index (χ1v) is 5.00. The maximum Gasteiger partial charge on any atom is 0.348 e. The van der Waals surface area contributed by atoms with Crippen LogP contribution in [0.5, 0.6) is 0 Å². The second-order valence-electron chi connectivity index (χ2n) is 2.86. The Morgan fingerprint density at radius 2 is 1.62 bits per heavy atom. The molecule has 16 heavy (non-hydrogen) atoms. The Bertz CT molecular complexity index is 260. The summed E-state index contributed by atoms with van der Waals surface area (Å²) in [5, 5.41) is 0. The molecule has 0 aromatic rings. The predicted molar refractivity (Wildman–Crippen MR) is 53.4 cm³/mol. The Hall–Kier alpha value is -1.59. The van der Waals surface area contributed by atoms with Crippen LogP contribution < -0.4 is 0 Å². The molecule has 6 heteroatoms. The summed E-state index contributed by atoms with van der Waals surface area (Å²) >= 11 is 0. The van der Waals surface area contributed by atoms with Crippen molar-refractivity contribution in [3.8, 4) is 0 Å². The fraction of sp³-hybridized carbons (Fsp3) is 0.700. The molecule has 0 aromatic carbocycles. The molecule has 0 unspecified atom stereocenters. The first kappa shape index (κ1) is 14.4. The SMILES string of the molecule is CCOC(=O)C[C@@H](OC(C)=O)C(=O)OCC. The number of hydrogen-bond donors (Lipinski definition) is 0. The number of hydrogen-bond acceptors (Lipinski definition) is 6. The van der Waals surface area contributed by atoms with Crippen LogP contribution in [0.4, 0.5) is 0 Å². The standard InChI is InChI=1S/C10H16O6/c1-4-14-9(12)6-8(16-7(3)11)10(13)15-5-2/h8H,4-6H2,1-3H3/t8-/m1/s1. The van der Waals surface area contributed by atoms with Crippen LogP contribution in [0.15, 0.2) is 0 Å². The highest BCUT2D eigenvalue weighted by Gasteiger charge is 2.26. The van der Waals surface area contributed by atoms with E-state index >= 15 is 0 Å². The van der Waals surface area contributed by atoms with Gasteiger partial charge in [0.1, 0.15) is 0 Å². The third-order valence-corrected chi connectivity index (χ3v) is 1.52. The third kappa shape index (κ3) is 6.00. The molecule has 0 rings (SSSR count). The highest BCUT2D eigenvalue weighted by Crippen LogP contribution is 2.04. The van der Waals surface area contributed by atoms with Crippen LogP contribution in [0.3, 0.4) is 0 Å². The molecule has 0 radical (unpaired) electrons. The van der Waals surface area contributed by atoms with Gasteiger partial charge in [0.15, 0.2) is 0 Å². The summed E-state index contributed by atoms with van der Waals surface area (Å²) in [6.07, 6.45) is -1.55. The minimum Gasteiger partial charge on any atom is -0.466 e. The van der Waals surface area contributed by atoms with Crippen LogP contribution >= 0.6 is 0 Å². The van der Waals surface area contributed by atoms with Crippen LogP contribution in [0, 0.1) is 0 Å². The van der Waals surface area contributed by atoms with Gasteiger partial charge in [0.2, 0.25) is 6.10 Å². The molecule has 0 heterocycles. The van der Waals surface area contributed by atoms with E-state index in [1.807, 2.05) is 0 Å². The topological polar surface area (TPSA) is 78.9 Å². The first-order chi connectivity index (χ1) is 7.51. The van der Waals surface area contributed by atoms with E-state index in [1.165, 1.54) is 0 Å². The molecule has 0 spiro atoms. The van der Waals surface area contributed by atoms with Gasteiger partial charge < -0.3 is 14.2 Å². The van der Waals surface area contributed by atoms with Crippen molar-refractivity contribution in [2.45, 2.75) is 33.3 Å². The van der Waals surface area contributed by atoms with Crippen molar-refractivity contribution < 1.29 is 28.6 Å². The largest absolute Gasteiger partial charge is 0.466 e. The second-order valence-corrected chi connectivity index (χ2v) is 2.86. The Labute approximate surface area is 93.8 Å². The average Bonchev–Trinajstić information content (AvgIpc) is 2.16. The Balaban J connectivity index is 4.36. The fourth-order valence-corrected chi connectivity index (χ4v) is 0.980. The summed E-state index contributed by atoms with van der Waals surface area (Å²) in [5.41, 5.74) is 0. The first-order valence-electron chi connectivity index (χ1n) is 5.00. The lowest BCUT2D eigenvalue weighted by atomic mass is 10.2. The highest BCUT2D eigenvalue weighted by molar-refractivity contribution is 5.84. The maximum absolute atomic E-state index is 11.3. The van der Waals surface area contributed by atoms with Crippen LogP contribution in [0.2, 0.25) is 0 Å². The van der Waals surface area contributed by atoms with Gasteiger partial charge in [0.25, 0.3) is 0 Å². The van der Waals surface area contributed by atoms with E-state index in [0.29, 0.717) is 0 Å². The van der Waals surface area contributed by atoms with Gasteiger partial charge in [-0.15, -0.1) is 0 Å². The van der Waals surface area contributed by atoms with E-state index in [-0.39, 0.29) is 19.6 Å². The minimum absolute atomic E-state index is 0.152. The van der Waals surface area contributed by atoms with Gasteiger partial charge in [-0.2, -0.15) is 0 Å². The summed E-state index contributed by atoms with van der Waals surface area (Å²) in [4.78, 5) is 33.2. The molecule has 92 valence electrons. The maximum atomic E-state index is 11.3. The van der Waals surface area contributed by atoms with Gasteiger partial charge in [-0.3, -0.25) is 9.59 Å². The van der Waals surface area contributed by atoms with E-state index in [4.69, 9.17) is 0 Å². The summed E-state index contributed by atoms with van der Waals surface area (Å²) in [7, 11) is 0. The van der Waals surface area contributed by atoms with Gasteiger partial charge >= 0.3 is 17.9 Å². The normalized spacial score (nSPS) is 11.4. The lowest BCUT2D eigenvalue weighted by molar-refractivity contribution is -0.170. The number of ether oxygens (including phenoxy) is 3. The molecule has 0 saturated carbocycles. The monoisotopic (exact) mass is 232 g/mol. The molecule has 0 amide bonds. The zero-order valence-corrected chi connectivity index (χ0v) is 9.65. The molecule has 0 aromatic heterocycles. The average molecular weight is 232 g/mol. The van der Waals surface area contributed by atoms with Gasteiger partial charge in [0, 0.05) is 6.92 Å². The Morgan fingerprint density at radius 3 is 2.06 bits per heavy atom. The molecular weight excluding hydrogens is 216 g/mol. The lowest BCUT2D eigenvalue weighted by Gasteiger charge is -2.14. The summed E-state index contributed by atoms with van der Waals surface area (Å²) in [6.45, 7) is 4.77. The van der Waals surface area contributed by atoms with Crippen molar-refractivity contribution in [2.24, 2.45) is 0 Å². The van der Waals surface area contributed by atoms with Crippen molar-refractivity contribution in [1.29, 1.82) is 0 Å². The van der Waals surface area contributed by atoms with Crippen LogP contribution in [-0.2, 0) is 28.6 Å². The van der Waals surface area contributed by atoms with Crippen LogP contribution in [0.1, 0.15) is 27.2 Å². The van der Waals surface area contributed by atoms with E-state index in [9.17, 15) is 14.4 Å². The van der Waals surface area contributed by atoms with Crippen molar-refractivity contribution in [2.75, 3.05) is 13.2 Å². The van der Waals surface area contributed by atoms with E-state index in [2.05, 4.69) is 14.2 Å². The number of esters is 3. The molecule has 0 N–H and O–H groups in total.